The van der Waals surface area contributed by atoms with Gasteiger partial charge in [-0.25, -0.2) is 4.98 Å². The van der Waals surface area contributed by atoms with E-state index in [1.807, 2.05) is 87.5 Å². The summed E-state index contributed by atoms with van der Waals surface area (Å²) in [6.45, 7) is 7.87. The van der Waals surface area contributed by atoms with Crippen molar-refractivity contribution in [2.24, 2.45) is 0 Å². The molecule has 0 bridgehead atoms. The number of fused-ring (bicyclic) bond motifs is 1. The lowest BCUT2D eigenvalue weighted by molar-refractivity contribution is 0.0949. The first kappa shape index (κ1) is 22.4. The van der Waals surface area contributed by atoms with E-state index in [0.29, 0.717) is 37.6 Å². The van der Waals surface area contributed by atoms with Crippen molar-refractivity contribution in [1.29, 1.82) is 0 Å². The van der Waals surface area contributed by atoms with E-state index >= 15 is 0 Å². The average molecular weight is 444 g/mol. The molecule has 4 aromatic rings. The van der Waals surface area contributed by atoms with Crippen molar-refractivity contribution in [3.63, 3.8) is 0 Å². The molecule has 4 rings (SSSR count). The third-order valence-electron chi connectivity index (χ3n) is 5.49. The molecule has 1 aromatic heterocycles. The van der Waals surface area contributed by atoms with Gasteiger partial charge in [0.1, 0.15) is 12.4 Å². The third kappa shape index (κ3) is 5.17. The number of benzene rings is 3. The molecular formula is C27H29N3O3. The Morgan fingerprint density at radius 3 is 2.45 bits per heavy atom. The number of hydrogen-bond donors (Lipinski definition) is 1. The molecule has 0 aliphatic carbocycles. The number of hydrogen-bond acceptors (Lipinski definition) is 4. The van der Waals surface area contributed by atoms with Crippen molar-refractivity contribution in [2.75, 3.05) is 13.2 Å². The van der Waals surface area contributed by atoms with Gasteiger partial charge in [-0.3, -0.25) is 4.79 Å². The first-order chi connectivity index (χ1) is 16.1. The summed E-state index contributed by atoms with van der Waals surface area (Å²) in [4.78, 5) is 17.5. The lowest BCUT2D eigenvalue weighted by Gasteiger charge is -2.14. The van der Waals surface area contributed by atoms with E-state index in [4.69, 9.17) is 14.5 Å². The Morgan fingerprint density at radius 1 is 0.970 bits per heavy atom. The molecule has 0 aliphatic heterocycles. The summed E-state index contributed by atoms with van der Waals surface area (Å²) >= 11 is 0. The fraction of sp³-hybridized carbons (Fsp3) is 0.259. The van der Waals surface area contributed by atoms with E-state index < -0.39 is 0 Å². The number of para-hydroxylation sites is 4. The second kappa shape index (κ2) is 10.2. The van der Waals surface area contributed by atoms with Crippen LogP contribution < -0.4 is 14.8 Å². The van der Waals surface area contributed by atoms with Gasteiger partial charge in [-0.2, -0.15) is 0 Å². The molecule has 0 spiro atoms. The molecule has 0 saturated heterocycles. The molecule has 1 N–H and O–H groups in total. The number of rotatable bonds is 9. The topological polar surface area (TPSA) is 65.4 Å². The lowest BCUT2D eigenvalue weighted by Crippen LogP contribution is -2.26. The number of amides is 1. The second-order valence-corrected chi connectivity index (χ2v) is 7.90. The van der Waals surface area contributed by atoms with E-state index in [1.165, 1.54) is 0 Å². The minimum atomic E-state index is -0.104. The fourth-order valence-electron chi connectivity index (χ4n) is 3.92. The minimum absolute atomic E-state index is 0.104. The normalized spacial score (nSPS) is 10.9. The van der Waals surface area contributed by atoms with Gasteiger partial charge in [-0.05, 0) is 56.7 Å². The lowest BCUT2D eigenvalue weighted by atomic mass is 10.1. The van der Waals surface area contributed by atoms with E-state index in [2.05, 4.69) is 9.88 Å². The smallest absolute Gasteiger partial charge is 0.251 e. The Balaban J connectivity index is 1.49. The Kier molecular flexibility index (Phi) is 6.93. The van der Waals surface area contributed by atoms with Gasteiger partial charge in [-0.1, -0.05) is 42.0 Å². The molecule has 0 fully saturated rings. The van der Waals surface area contributed by atoms with Crippen molar-refractivity contribution < 1.29 is 14.3 Å². The van der Waals surface area contributed by atoms with Crippen LogP contribution in [0.1, 0.15) is 34.2 Å². The van der Waals surface area contributed by atoms with Crippen molar-refractivity contribution in [1.82, 2.24) is 14.9 Å². The van der Waals surface area contributed by atoms with Crippen molar-refractivity contribution in [3.8, 4) is 11.5 Å². The number of aryl methyl sites for hydroxylation is 2. The van der Waals surface area contributed by atoms with Crippen LogP contribution in [0.15, 0.2) is 66.7 Å². The summed E-state index contributed by atoms with van der Waals surface area (Å²) in [5.74, 6) is 2.13. The maximum atomic E-state index is 12.8. The van der Waals surface area contributed by atoms with Crippen LogP contribution in [-0.4, -0.2) is 28.7 Å². The van der Waals surface area contributed by atoms with Gasteiger partial charge in [0.25, 0.3) is 5.91 Å². The summed E-state index contributed by atoms with van der Waals surface area (Å²) in [5.41, 5.74) is 4.68. The molecule has 6 nitrogen and oxygen atoms in total. The predicted molar refractivity (Wildman–Crippen MR) is 130 cm³/mol. The minimum Gasteiger partial charge on any atom is -0.490 e. The summed E-state index contributed by atoms with van der Waals surface area (Å²) in [5, 5.41) is 3.03. The number of carbonyl (C=O) groups excluding carboxylic acids is 1. The van der Waals surface area contributed by atoms with Gasteiger partial charge in [0, 0.05) is 5.56 Å². The first-order valence-corrected chi connectivity index (χ1v) is 11.2. The average Bonchev–Trinajstić information content (AvgIpc) is 3.16. The van der Waals surface area contributed by atoms with Gasteiger partial charge in [0.2, 0.25) is 0 Å². The maximum absolute atomic E-state index is 12.8. The van der Waals surface area contributed by atoms with Crippen LogP contribution >= 0.6 is 0 Å². The highest BCUT2D eigenvalue weighted by Gasteiger charge is 2.14. The molecule has 0 unspecified atom stereocenters. The number of carbonyl (C=O) groups is 1. The fourth-order valence-corrected chi connectivity index (χ4v) is 3.92. The highest BCUT2D eigenvalue weighted by molar-refractivity contribution is 5.95. The van der Waals surface area contributed by atoms with Gasteiger partial charge < -0.3 is 19.4 Å². The number of nitrogens with one attached hydrogen (secondary N) is 1. The standard InChI is InChI=1S/C27H29N3O3/c1-4-32-24-11-7-8-12-25(24)33-16-15-30-23-10-6-5-9-22(23)29-26(30)18-28-27(31)21-14-13-19(2)17-20(21)3/h5-14,17H,4,15-16,18H2,1-3H3,(H,28,31). The van der Waals surface area contributed by atoms with Crippen molar-refractivity contribution in [3.05, 3.63) is 89.2 Å². The largest absolute Gasteiger partial charge is 0.490 e. The highest BCUT2D eigenvalue weighted by atomic mass is 16.5. The molecule has 3 aromatic carbocycles. The molecule has 0 saturated carbocycles. The highest BCUT2D eigenvalue weighted by Crippen LogP contribution is 2.26. The van der Waals surface area contributed by atoms with Crippen molar-refractivity contribution in [2.45, 2.75) is 33.9 Å². The molecule has 33 heavy (non-hydrogen) atoms. The zero-order chi connectivity index (χ0) is 23.2. The monoisotopic (exact) mass is 443 g/mol. The molecule has 170 valence electrons. The zero-order valence-corrected chi connectivity index (χ0v) is 19.3. The van der Waals surface area contributed by atoms with Crippen LogP contribution in [0.2, 0.25) is 0 Å². The quantitative estimate of drug-likeness (QED) is 0.393. The first-order valence-electron chi connectivity index (χ1n) is 11.2. The Bertz CT molecular complexity index is 1260. The maximum Gasteiger partial charge on any atom is 0.251 e. The second-order valence-electron chi connectivity index (χ2n) is 7.90. The Hall–Kier alpha value is -3.80. The number of imidazole rings is 1. The van der Waals surface area contributed by atoms with Gasteiger partial charge in [0.05, 0.1) is 30.7 Å². The number of ether oxygens (including phenoxy) is 2. The molecule has 0 atom stereocenters. The third-order valence-corrected chi connectivity index (χ3v) is 5.49. The van der Waals surface area contributed by atoms with E-state index in [0.717, 1.165) is 33.7 Å². The summed E-state index contributed by atoms with van der Waals surface area (Å²) in [7, 11) is 0. The van der Waals surface area contributed by atoms with Crippen molar-refractivity contribution >= 4 is 16.9 Å². The predicted octanol–water partition coefficient (Wildman–Crippen LogP) is 5.06. The summed E-state index contributed by atoms with van der Waals surface area (Å²) in [6.07, 6.45) is 0. The van der Waals surface area contributed by atoms with Gasteiger partial charge in [0.15, 0.2) is 11.5 Å². The Labute approximate surface area is 194 Å². The van der Waals surface area contributed by atoms with E-state index in [-0.39, 0.29) is 5.91 Å². The van der Waals surface area contributed by atoms with Crippen LogP contribution in [-0.2, 0) is 13.1 Å². The van der Waals surface area contributed by atoms with Crippen LogP contribution in [0, 0.1) is 13.8 Å². The molecule has 6 heteroatoms. The SMILES string of the molecule is CCOc1ccccc1OCCn1c(CNC(=O)c2ccc(C)cc2C)nc2ccccc21. The Morgan fingerprint density at radius 2 is 1.70 bits per heavy atom. The number of nitrogens with zero attached hydrogens (tertiary/aromatic N) is 2. The van der Waals surface area contributed by atoms with Crippen LogP contribution in [0.25, 0.3) is 11.0 Å². The van der Waals surface area contributed by atoms with Gasteiger partial charge >= 0.3 is 0 Å². The summed E-state index contributed by atoms with van der Waals surface area (Å²) in [6, 6.07) is 21.5. The summed E-state index contributed by atoms with van der Waals surface area (Å²) < 4.78 is 13.8. The molecular weight excluding hydrogens is 414 g/mol. The van der Waals surface area contributed by atoms with Crippen LogP contribution in [0.4, 0.5) is 0 Å². The van der Waals surface area contributed by atoms with Crippen LogP contribution in [0.3, 0.4) is 0 Å². The molecule has 1 amide bonds. The van der Waals surface area contributed by atoms with E-state index in [1.54, 1.807) is 0 Å². The van der Waals surface area contributed by atoms with Crippen LogP contribution in [0.5, 0.6) is 11.5 Å². The van der Waals surface area contributed by atoms with E-state index in [9.17, 15) is 4.79 Å². The molecule has 0 radical (unpaired) electrons. The number of aromatic nitrogens is 2. The van der Waals surface area contributed by atoms with Gasteiger partial charge in [-0.15, -0.1) is 0 Å². The zero-order valence-electron chi connectivity index (χ0n) is 19.3. The molecule has 1 heterocycles. The molecule has 0 aliphatic rings.